The maximum atomic E-state index is 11.7. The zero-order valence-corrected chi connectivity index (χ0v) is 12.5. The fourth-order valence-electron chi connectivity index (χ4n) is 1.79. The highest BCUT2D eigenvalue weighted by molar-refractivity contribution is 6.30. The van der Waals surface area contributed by atoms with E-state index < -0.39 is 0 Å². The van der Waals surface area contributed by atoms with Crippen molar-refractivity contribution in [2.24, 2.45) is 0 Å². The molecule has 0 atom stereocenters. The number of urea groups is 1. The van der Waals surface area contributed by atoms with Gasteiger partial charge in [-0.2, -0.15) is 0 Å². The van der Waals surface area contributed by atoms with Crippen LogP contribution < -0.4 is 15.4 Å². The molecule has 0 saturated carbocycles. The number of carbonyl (C=O) groups is 1. The quantitative estimate of drug-likeness (QED) is 0.824. The third kappa shape index (κ3) is 5.00. The van der Waals surface area contributed by atoms with Crippen LogP contribution >= 0.6 is 11.6 Å². The molecule has 0 unspecified atom stereocenters. The minimum absolute atomic E-state index is 0.286. The number of carbonyl (C=O) groups excluding carboxylic acids is 1. The monoisotopic (exact) mass is 304 g/mol. The van der Waals surface area contributed by atoms with Gasteiger partial charge in [0.1, 0.15) is 12.4 Å². The van der Waals surface area contributed by atoms with Gasteiger partial charge in [0, 0.05) is 10.7 Å². The Bertz CT molecular complexity index is 617. The third-order valence-electron chi connectivity index (χ3n) is 2.82. The SMILES string of the molecule is Cc1ccccc1OCCNC(=O)Nc1cccc(Cl)c1. The van der Waals surface area contributed by atoms with Crippen molar-refractivity contribution in [3.63, 3.8) is 0 Å². The Balaban J connectivity index is 1.71. The second kappa shape index (κ2) is 7.55. The Hall–Kier alpha value is -2.20. The van der Waals surface area contributed by atoms with E-state index in [2.05, 4.69) is 10.6 Å². The normalized spacial score (nSPS) is 10.0. The highest BCUT2D eigenvalue weighted by Crippen LogP contribution is 2.16. The summed E-state index contributed by atoms with van der Waals surface area (Å²) in [5, 5.41) is 6.00. The molecule has 0 spiro atoms. The van der Waals surface area contributed by atoms with Crippen LogP contribution in [0.2, 0.25) is 5.02 Å². The van der Waals surface area contributed by atoms with E-state index >= 15 is 0 Å². The van der Waals surface area contributed by atoms with Crippen molar-refractivity contribution in [1.29, 1.82) is 0 Å². The van der Waals surface area contributed by atoms with Crippen molar-refractivity contribution < 1.29 is 9.53 Å². The molecule has 4 nitrogen and oxygen atoms in total. The Morgan fingerprint density at radius 2 is 2.00 bits per heavy atom. The van der Waals surface area contributed by atoms with Crippen LogP contribution in [0.3, 0.4) is 0 Å². The summed E-state index contributed by atoms with van der Waals surface area (Å²) in [4.78, 5) is 11.7. The van der Waals surface area contributed by atoms with Crippen molar-refractivity contribution in [3.05, 3.63) is 59.1 Å². The highest BCUT2D eigenvalue weighted by atomic mass is 35.5. The second-order valence-electron chi connectivity index (χ2n) is 4.51. The van der Waals surface area contributed by atoms with Crippen LogP contribution in [0.25, 0.3) is 0 Å². The first-order valence-corrected chi connectivity index (χ1v) is 7.02. The second-order valence-corrected chi connectivity index (χ2v) is 4.94. The zero-order chi connectivity index (χ0) is 15.1. The smallest absolute Gasteiger partial charge is 0.319 e. The average molecular weight is 305 g/mol. The molecule has 21 heavy (non-hydrogen) atoms. The number of benzene rings is 2. The standard InChI is InChI=1S/C16H17ClN2O2/c1-12-5-2-3-8-15(12)21-10-9-18-16(20)19-14-7-4-6-13(17)11-14/h2-8,11H,9-10H2,1H3,(H2,18,19,20). The van der Waals surface area contributed by atoms with Crippen molar-refractivity contribution >= 4 is 23.3 Å². The molecule has 0 saturated heterocycles. The molecule has 2 aromatic rings. The van der Waals surface area contributed by atoms with Crippen molar-refractivity contribution in [3.8, 4) is 5.75 Å². The Labute approximate surface area is 129 Å². The van der Waals surface area contributed by atoms with Crippen LogP contribution in [0.5, 0.6) is 5.75 Å². The van der Waals surface area contributed by atoms with Crippen LogP contribution in [-0.4, -0.2) is 19.2 Å². The van der Waals surface area contributed by atoms with Crippen LogP contribution in [-0.2, 0) is 0 Å². The van der Waals surface area contributed by atoms with Crippen LogP contribution in [0.4, 0.5) is 10.5 Å². The molecule has 2 amide bonds. The zero-order valence-electron chi connectivity index (χ0n) is 11.7. The van der Waals surface area contributed by atoms with Gasteiger partial charge in [0.05, 0.1) is 6.54 Å². The number of rotatable bonds is 5. The van der Waals surface area contributed by atoms with E-state index in [9.17, 15) is 4.79 Å². The van der Waals surface area contributed by atoms with Gasteiger partial charge < -0.3 is 15.4 Å². The fourth-order valence-corrected chi connectivity index (χ4v) is 1.98. The van der Waals surface area contributed by atoms with E-state index in [4.69, 9.17) is 16.3 Å². The van der Waals surface area contributed by atoms with Gasteiger partial charge in [0.2, 0.25) is 0 Å². The lowest BCUT2D eigenvalue weighted by Crippen LogP contribution is -2.32. The van der Waals surface area contributed by atoms with E-state index in [0.29, 0.717) is 23.9 Å². The number of hydrogen-bond acceptors (Lipinski definition) is 2. The molecule has 0 fully saturated rings. The minimum atomic E-state index is -0.286. The van der Waals surface area contributed by atoms with Crippen molar-refractivity contribution in [2.45, 2.75) is 6.92 Å². The van der Waals surface area contributed by atoms with Gasteiger partial charge >= 0.3 is 6.03 Å². The van der Waals surface area contributed by atoms with Gasteiger partial charge in [-0.3, -0.25) is 0 Å². The molecule has 0 aliphatic rings. The molecule has 110 valence electrons. The van der Waals surface area contributed by atoms with Crippen LogP contribution in [0, 0.1) is 6.92 Å². The van der Waals surface area contributed by atoms with Gasteiger partial charge in [-0.15, -0.1) is 0 Å². The first-order valence-electron chi connectivity index (χ1n) is 6.64. The summed E-state index contributed by atoms with van der Waals surface area (Å²) in [6.45, 7) is 2.81. The van der Waals surface area contributed by atoms with E-state index in [1.165, 1.54) is 0 Å². The fraction of sp³-hybridized carbons (Fsp3) is 0.188. The maximum Gasteiger partial charge on any atom is 0.319 e. The number of anilines is 1. The van der Waals surface area contributed by atoms with Gasteiger partial charge in [-0.05, 0) is 36.8 Å². The summed E-state index contributed by atoms with van der Waals surface area (Å²) in [6.07, 6.45) is 0. The molecule has 5 heteroatoms. The lowest BCUT2D eigenvalue weighted by Gasteiger charge is -2.10. The molecular formula is C16H17ClN2O2. The van der Waals surface area contributed by atoms with Gasteiger partial charge in [0.15, 0.2) is 0 Å². The van der Waals surface area contributed by atoms with Crippen LogP contribution in [0.1, 0.15) is 5.56 Å². The molecule has 0 radical (unpaired) electrons. The highest BCUT2D eigenvalue weighted by Gasteiger charge is 2.02. The summed E-state index contributed by atoms with van der Waals surface area (Å²) in [7, 11) is 0. The predicted molar refractivity (Wildman–Crippen MR) is 85.1 cm³/mol. The van der Waals surface area contributed by atoms with E-state index in [1.807, 2.05) is 31.2 Å². The number of amides is 2. The number of ether oxygens (including phenoxy) is 1. The summed E-state index contributed by atoms with van der Waals surface area (Å²) in [5.74, 6) is 0.828. The van der Waals surface area contributed by atoms with E-state index in [1.54, 1.807) is 24.3 Å². The van der Waals surface area contributed by atoms with E-state index in [0.717, 1.165) is 11.3 Å². The minimum Gasteiger partial charge on any atom is -0.491 e. The summed E-state index contributed by atoms with van der Waals surface area (Å²) < 4.78 is 5.59. The van der Waals surface area contributed by atoms with Crippen LogP contribution in [0.15, 0.2) is 48.5 Å². The maximum absolute atomic E-state index is 11.7. The Kier molecular flexibility index (Phi) is 5.46. The number of halogens is 1. The first-order chi connectivity index (χ1) is 10.1. The summed E-state index contributed by atoms with van der Waals surface area (Å²) in [5.41, 5.74) is 1.72. The Morgan fingerprint density at radius 3 is 2.76 bits per heavy atom. The molecule has 0 aliphatic carbocycles. The van der Waals surface area contributed by atoms with Gasteiger partial charge in [-0.1, -0.05) is 35.9 Å². The predicted octanol–water partition coefficient (Wildman–Crippen LogP) is 3.85. The lowest BCUT2D eigenvalue weighted by molar-refractivity contribution is 0.247. The first kappa shape index (κ1) is 15.2. The van der Waals surface area contributed by atoms with Gasteiger partial charge in [0.25, 0.3) is 0 Å². The largest absolute Gasteiger partial charge is 0.491 e. The van der Waals surface area contributed by atoms with Crippen molar-refractivity contribution in [1.82, 2.24) is 5.32 Å². The molecule has 0 bridgehead atoms. The number of nitrogens with one attached hydrogen (secondary N) is 2. The lowest BCUT2D eigenvalue weighted by atomic mass is 10.2. The molecule has 0 aliphatic heterocycles. The topological polar surface area (TPSA) is 50.4 Å². The summed E-state index contributed by atoms with van der Waals surface area (Å²) >= 11 is 5.85. The Morgan fingerprint density at radius 1 is 1.19 bits per heavy atom. The molecule has 2 aromatic carbocycles. The van der Waals surface area contributed by atoms with Gasteiger partial charge in [-0.25, -0.2) is 4.79 Å². The average Bonchev–Trinajstić information content (AvgIpc) is 2.45. The molecule has 0 aromatic heterocycles. The number of para-hydroxylation sites is 1. The third-order valence-corrected chi connectivity index (χ3v) is 3.06. The number of aryl methyl sites for hydroxylation is 1. The molecule has 2 N–H and O–H groups in total. The summed E-state index contributed by atoms with van der Waals surface area (Å²) in [6, 6.07) is 14.5. The van der Waals surface area contributed by atoms with Crippen molar-refractivity contribution in [2.75, 3.05) is 18.5 Å². The van der Waals surface area contributed by atoms with E-state index in [-0.39, 0.29) is 6.03 Å². The number of hydrogen-bond donors (Lipinski definition) is 2. The molecule has 2 rings (SSSR count). The molecule has 0 heterocycles. The molecular weight excluding hydrogens is 288 g/mol.